The summed E-state index contributed by atoms with van der Waals surface area (Å²) in [5.41, 5.74) is 0. The third-order valence-corrected chi connectivity index (χ3v) is 3.13. The van der Waals surface area contributed by atoms with Crippen molar-refractivity contribution in [1.29, 1.82) is 0 Å². The number of aliphatic hydroxyl groups excluding tert-OH is 1. The number of piperidine rings is 1. The molecule has 1 saturated carbocycles. The highest BCUT2D eigenvalue weighted by molar-refractivity contribution is 5.65. The van der Waals surface area contributed by atoms with Crippen LogP contribution in [0.25, 0.3) is 0 Å². The van der Waals surface area contributed by atoms with E-state index in [0.29, 0.717) is 12.5 Å². The highest BCUT2D eigenvalue weighted by atomic mass is 16.4. The summed E-state index contributed by atoms with van der Waals surface area (Å²) in [5.74, 6) is 0.816. The van der Waals surface area contributed by atoms with Crippen molar-refractivity contribution < 1.29 is 15.0 Å². The molecule has 1 heterocycles. The summed E-state index contributed by atoms with van der Waals surface area (Å²) in [6.07, 6.45) is 0.749. The highest BCUT2D eigenvalue weighted by Gasteiger charge is 2.41. The van der Waals surface area contributed by atoms with Gasteiger partial charge in [-0.25, -0.2) is 4.79 Å². The largest absolute Gasteiger partial charge is 0.465 e. The second kappa shape index (κ2) is 3.74. The first kappa shape index (κ1) is 9.73. The van der Waals surface area contributed by atoms with Gasteiger partial charge < -0.3 is 20.8 Å². The van der Waals surface area contributed by atoms with E-state index in [1.807, 2.05) is 0 Å². The number of hydrogen-bond acceptors (Lipinski definition) is 3. The van der Waals surface area contributed by atoms with Gasteiger partial charge >= 0.3 is 6.09 Å². The van der Waals surface area contributed by atoms with Gasteiger partial charge in [0.1, 0.15) is 0 Å². The van der Waals surface area contributed by atoms with E-state index in [0.717, 1.165) is 6.54 Å². The van der Waals surface area contributed by atoms with E-state index in [-0.39, 0.29) is 12.0 Å². The molecule has 1 amide bonds. The molecule has 0 aromatic rings. The first-order chi connectivity index (χ1) is 6.68. The second-order valence-electron chi connectivity index (χ2n) is 4.21. The van der Waals surface area contributed by atoms with Gasteiger partial charge in [0.25, 0.3) is 0 Å². The van der Waals surface area contributed by atoms with Gasteiger partial charge in [0.15, 0.2) is 0 Å². The minimum absolute atomic E-state index is 0.223. The van der Waals surface area contributed by atoms with Gasteiger partial charge in [0.2, 0.25) is 0 Å². The van der Waals surface area contributed by atoms with Gasteiger partial charge in [0.05, 0.1) is 12.1 Å². The molecule has 0 spiro atoms. The van der Waals surface area contributed by atoms with Gasteiger partial charge in [-0.15, -0.1) is 0 Å². The van der Waals surface area contributed by atoms with Gasteiger partial charge in [0, 0.05) is 19.0 Å². The smallest absolute Gasteiger partial charge is 0.405 e. The normalized spacial score (nSPS) is 37.9. The second-order valence-corrected chi connectivity index (χ2v) is 4.21. The molecule has 1 aliphatic heterocycles. The Labute approximate surface area is 82.5 Å². The fraction of sp³-hybridized carbons (Fsp3) is 0.889. The van der Waals surface area contributed by atoms with Crippen molar-refractivity contribution in [1.82, 2.24) is 10.6 Å². The summed E-state index contributed by atoms with van der Waals surface area (Å²) < 4.78 is 0. The van der Waals surface area contributed by atoms with Crippen LogP contribution >= 0.6 is 0 Å². The lowest BCUT2D eigenvalue weighted by Gasteiger charge is -2.35. The molecule has 3 atom stereocenters. The third-order valence-electron chi connectivity index (χ3n) is 3.13. The van der Waals surface area contributed by atoms with Crippen molar-refractivity contribution in [2.75, 3.05) is 13.1 Å². The van der Waals surface area contributed by atoms with Crippen LogP contribution in [-0.2, 0) is 0 Å². The van der Waals surface area contributed by atoms with Crippen molar-refractivity contribution in [3.05, 3.63) is 0 Å². The maximum Gasteiger partial charge on any atom is 0.405 e. The fourth-order valence-corrected chi connectivity index (χ4v) is 2.21. The lowest BCUT2D eigenvalue weighted by molar-refractivity contribution is 0.0374. The van der Waals surface area contributed by atoms with Gasteiger partial charge in [-0.1, -0.05) is 0 Å². The van der Waals surface area contributed by atoms with Gasteiger partial charge in [-0.05, 0) is 18.8 Å². The molecule has 0 radical (unpaired) electrons. The Morgan fingerprint density at radius 3 is 2.64 bits per heavy atom. The van der Waals surface area contributed by atoms with Gasteiger partial charge in [-0.3, -0.25) is 0 Å². The van der Waals surface area contributed by atoms with Crippen LogP contribution in [0.2, 0.25) is 0 Å². The van der Waals surface area contributed by atoms with E-state index in [1.165, 1.54) is 12.8 Å². The molecule has 0 aromatic heterocycles. The van der Waals surface area contributed by atoms with E-state index in [4.69, 9.17) is 5.11 Å². The number of carbonyl (C=O) groups is 1. The van der Waals surface area contributed by atoms with Crippen molar-refractivity contribution in [2.45, 2.75) is 25.0 Å². The van der Waals surface area contributed by atoms with E-state index >= 15 is 0 Å². The average Bonchev–Trinajstić information content (AvgIpc) is 2.91. The Hall–Kier alpha value is -0.810. The molecule has 14 heavy (non-hydrogen) atoms. The molecule has 0 aromatic carbocycles. The lowest BCUT2D eigenvalue weighted by Crippen LogP contribution is -2.58. The van der Waals surface area contributed by atoms with Crippen LogP contribution in [-0.4, -0.2) is 41.5 Å². The molecule has 1 aliphatic carbocycles. The Kier molecular flexibility index (Phi) is 2.60. The number of aliphatic hydroxyl groups is 1. The first-order valence-electron chi connectivity index (χ1n) is 5.06. The fourth-order valence-electron chi connectivity index (χ4n) is 2.21. The first-order valence-corrected chi connectivity index (χ1v) is 5.06. The van der Waals surface area contributed by atoms with Crippen LogP contribution in [0.1, 0.15) is 12.8 Å². The standard InChI is InChI=1S/C9H16N2O3/c12-8-6(5-1-2-5)3-10-4-7(8)11-9(13)14/h5-8,10-12H,1-4H2,(H,13,14)/t6-,7-,8-/m1/s1. The molecular weight excluding hydrogens is 184 g/mol. The monoisotopic (exact) mass is 200 g/mol. The maximum atomic E-state index is 10.5. The average molecular weight is 200 g/mol. The van der Waals surface area contributed by atoms with E-state index in [2.05, 4.69) is 10.6 Å². The summed E-state index contributed by atoms with van der Waals surface area (Å²) in [6, 6.07) is -0.355. The molecule has 80 valence electrons. The summed E-state index contributed by atoms with van der Waals surface area (Å²) in [6.45, 7) is 1.33. The molecule has 2 rings (SSSR count). The predicted molar refractivity (Wildman–Crippen MR) is 50.0 cm³/mol. The summed E-state index contributed by atoms with van der Waals surface area (Å²) >= 11 is 0. The predicted octanol–water partition coefficient (Wildman–Crippen LogP) is -0.387. The summed E-state index contributed by atoms with van der Waals surface area (Å²) in [5, 5.41) is 24.0. The number of hydrogen-bond donors (Lipinski definition) is 4. The molecule has 0 bridgehead atoms. The van der Waals surface area contributed by atoms with E-state index < -0.39 is 12.2 Å². The van der Waals surface area contributed by atoms with Crippen LogP contribution in [0.15, 0.2) is 0 Å². The highest BCUT2D eigenvalue weighted by Crippen LogP contribution is 2.39. The van der Waals surface area contributed by atoms with Crippen molar-refractivity contribution in [2.24, 2.45) is 11.8 Å². The van der Waals surface area contributed by atoms with Crippen LogP contribution in [0, 0.1) is 11.8 Å². The topological polar surface area (TPSA) is 81.6 Å². The number of rotatable bonds is 2. The van der Waals surface area contributed by atoms with E-state index in [1.54, 1.807) is 0 Å². The molecule has 5 nitrogen and oxygen atoms in total. The SMILES string of the molecule is O=C(O)N[C@@H]1CNC[C@H](C2CC2)[C@H]1O. The Morgan fingerprint density at radius 1 is 1.36 bits per heavy atom. The number of carboxylic acid groups (broad SMARTS) is 1. The Morgan fingerprint density at radius 2 is 2.07 bits per heavy atom. The molecule has 4 N–H and O–H groups in total. The molecule has 2 aliphatic rings. The zero-order chi connectivity index (χ0) is 10.1. The van der Waals surface area contributed by atoms with Crippen molar-refractivity contribution in [3.63, 3.8) is 0 Å². The van der Waals surface area contributed by atoms with Crippen LogP contribution < -0.4 is 10.6 Å². The number of nitrogens with one attached hydrogen (secondary N) is 2. The quantitative estimate of drug-likeness (QED) is 0.489. The molecular formula is C9H16N2O3. The minimum atomic E-state index is -1.06. The Balaban J connectivity index is 1.93. The van der Waals surface area contributed by atoms with Crippen molar-refractivity contribution in [3.8, 4) is 0 Å². The van der Waals surface area contributed by atoms with Crippen molar-refractivity contribution >= 4 is 6.09 Å². The maximum absolute atomic E-state index is 10.5. The molecule has 2 fully saturated rings. The molecule has 0 unspecified atom stereocenters. The zero-order valence-corrected chi connectivity index (χ0v) is 7.94. The Bertz CT molecular complexity index is 230. The van der Waals surface area contributed by atoms with Gasteiger partial charge in [-0.2, -0.15) is 0 Å². The zero-order valence-electron chi connectivity index (χ0n) is 7.94. The molecule has 5 heteroatoms. The van der Waals surface area contributed by atoms with Crippen LogP contribution in [0.3, 0.4) is 0 Å². The lowest BCUT2D eigenvalue weighted by atomic mass is 9.88. The molecule has 1 saturated heterocycles. The van der Waals surface area contributed by atoms with Crippen LogP contribution in [0.4, 0.5) is 4.79 Å². The summed E-state index contributed by atoms with van der Waals surface area (Å²) in [4.78, 5) is 10.5. The summed E-state index contributed by atoms with van der Waals surface area (Å²) in [7, 11) is 0. The third kappa shape index (κ3) is 1.99. The number of amides is 1. The van der Waals surface area contributed by atoms with Crippen LogP contribution in [0.5, 0.6) is 0 Å². The minimum Gasteiger partial charge on any atom is -0.465 e. The van der Waals surface area contributed by atoms with E-state index in [9.17, 15) is 9.90 Å².